The van der Waals surface area contributed by atoms with Crippen LogP contribution in [0.4, 0.5) is 0 Å². The number of aromatic nitrogens is 2. The SMILES string of the molecule is O=Cc1c(C(=O)O)nn(-c2ccc(Cl)cc2Cl)c1Cl. The number of benzene rings is 1. The third kappa shape index (κ3) is 2.45. The molecule has 19 heavy (non-hydrogen) atoms. The molecule has 0 aliphatic carbocycles. The van der Waals surface area contributed by atoms with Crippen LogP contribution < -0.4 is 0 Å². The molecule has 0 amide bonds. The molecule has 0 radical (unpaired) electrons. The predicted molar refractivity (Wildman–Crippen MR) is 70.9 cm³/mol. The first-order valence-electron chi connectivity index (χ1n) is 4.88. The van der Waals surface area contributed by atoms with Crippen LogP contribution in [-0.4, -0.2) is 27.1 Å². The standard InChI is InChI=1S/C11H5Cl3N2O3/c12-5-1-2-8(7(13)3-5)16-10(14)6(4-17)9(15-16)11(18)19/h1-4H,(H,18,19). The summed E-state index contributed by atoms with van der Waals surface area (Å²) in [5, 5.41) is 13.2. The van der Waals surface area contributed by atoms with Crippen LogP contribution in [0.3, 0.4) is 0 Å². The van der Waals surface area contributed by atoms with E-state index in [9.17, 15) is 9.59 Å². The van der Waals surface area contributed by atoms with Crippen molar-refractivity contribution in [3.8, 4) is 5.69 Å². The fourth-order valence-corrected chi connectivity index (χ4v) is 2.24. The maximum absolute atomic E-state index is 11.0. The number of aldehydes is 1. The van der Waals surface area contributed by atoms with E-state index >= 15 is 0 Å². The molecule has 5 nitrogen and oxygen atoms in total. The van der Waals surface area contributed by atoms with E-state index in [1.54, 1.807) is 6.07 Å². The molecule has 1 aromatic carbocycles. The third-order valence-electron chi connectivity index (χ3n) is 2.32. The van der Waals surface area contributed by atoms with E-state index in [1.165, 1.54) is 12.1 Å². The van der Waals surface area contributed by atoms with Crippen LogP contribution in [0.25, 0.3) is 5.69 Å². The molecular formula is C11H5Cl3N2O3. The molecule has 0 fully saturated rings. The highest BCUT2D eigenvalue weighted by Gasteiger charge is 2.22. The Bertz CT molecular complexity index is 682. The number of carboxylic acids is 1. The first-order valence-corrected chi connectivity index (χ1v) is 6.01. The van der Waals surface area contributed by atoms with Gasteiger partial charge in [0.1, 0.15) is 5.15 Å². The lowest BCUT2D eigenvalue weighted by Crippen LogP contribution is -2.02. The molecule has 0 saturated carbocycles. The Morgan fingerprint density at radius 3 is 2.47 bits per heavy atom. The molecule has 8 heteroatoms. The topological polar surface area (TPSA) is 72.2 Å². The van der Waals surface area contributed by atoms with E-state index < -0.39 is 11.7 Å². The van der Waals surface area contributed by atoms with E-state index in [0.29, 0.717) is 17.0 Å². The first-order chi connectivity index (χ1) is 8.95. The van der Waals surface area contributed by atoms with Gasteiger partial charge in [0.05, 0.1) is 16.3 Å². The molecule has 2 rings (SSSR count). The maximum atomic E-state index is 11.0. The van der Waals surface area contributed by atoms with Crippen molar-refractivity contribution in [1.29, 1.82) is 0 Å². The Morgan fingerprint density at radius 1 is 1.32 bits per heavy atom. The molecule has 0 bridgehead atoms. The second-order valence-corrected chi connectivity index (χ2v) is 4.69. The summed E-state index contributed by atoms with van der Waals surface area (Å²) < 4.78 is 1.08. The third-order valence-corrected chi connectivity index (χ3v) is 3.22. The highest BCUT2D eigenvalue weighted by molar-refractivity contribution is 6.36. The smallest absolute Gasteiger partial charge is 0.357 e. The molecule has 0 spiro atoms. The van der Waals surface area contributed by atoms with Gasteiger partial charge in [-0.05, 0) is 18.2 Å². The summed E-state index contributed by atoms with van der Waals surface area (Å²) in [5.74, 6) is -1.35. The largest absolute Gasteiger partial charge is 0.476 e. The maximum Gasteiger partial charge on any atom is 0.357 e. The summed E-state index contributed by atoms with van der Waals surface area (Å²) in [5.41, 5.74) is -0.321. The zero-order valence-electron chi connectivity index (χ0n) is 9.10. The summed E-state index contributed by atoms with van der Waals surface area (Å²) in [4.78, 5) is 21.9. The van der Waals surface area contributed by atoms with Gasteiger partial charge in [-0.25, -0.2) is 9.48 Å². The Balaban J connectivity index is 2.69. The van der Waals surface area contributed by atoms with Crippen molar-refractivity contribution in [3.05, 3.63) is 44.7 Å². The normalized spacial score (nSPS) is 10.5. The van der Waals surface area contributed by atoms with E-state index in [4.69, 9.17) is 39.9 Å². The first kappa shape index (κ1) is 13.9. The summed E-state index contributed by atoms with van der Waals surface area (Å²) in [7, 11) is 0. The van der Waals surface area contributed by atoms with Crippen molar-refractivity contribution in [3.63, 3.8) is 0 Å². The highest BCUT2D eigenvalue weighted by atomic mass is 35.5. The van der Waals surface area contributed by atoms with Crippen molar-refractivity contribution < 1.29 is 14.7 Å². The minimum absolute atomic E-state index is 0.128. The molecule has 98 valence electrons. The van der Waals surface area contributed by atoms with Crippen molar-refractivity contribution >= 4 is 47.1 Å². The fraction of sp³-hybridized carbons (Fsp3) is 0. The van der Waals surface area contributed by atoms with E-state index in [-0.39, 0.29) is 15.7 Å². The molecule has 0 unspecified atom stereocenters. The van der Waals surface area contributed by atoms with Gasteiger partial charge in [-0.3, -0.25) is 4.79 Å². The van der Waals surface area contributed by atoms with Crippen molar-refractivity contribution in [1.82, 2.24) is 9.78 Å². The van der Waals surface area contributed by atoms with Gasteiger partial charge in [0.15, 0.2) is 12.0 Å². The Labute approximate surface area is 122 Å². The summed E-state index contributed by atoms with van der Waals surface area (Å²) in [6.07, 6.45) is 0.332. The number of carbonyl (C=O) groups is 2. The average molecular weight is 320 g/mol. The average Bonchev–Trinajstić information content (AvgIpc) is 2.66. The van der Waals surface area contributed by atoms with Crippen molar-refractivity contribution in [2.24, 2.45) is 0 Å². The molecule has 0 saturated heterocycles. The lowest BCUT2D eigenvalue weighted by Gasteiger charge is -2.05. The molecule has 1 N–H and O–H groups in total. The van der Waals surface area contributed by atoms with Gasteiger partial charge in [0.2, 0.25) is 0 Å². The number of aromatic carboxylic acids is 1. The summed E-state index contributed by atoms with van der Waals surface area (Å²) in [6, 6.07) is 4.52. The van der Waals surface area contributed by atoms with Crippen LogP contribution in [0.2, 0.25) is 15.2 Å². The fourth-order valence-electron chi connectivity index (χ4n) is 1.48. The summed E-state index contributed by atoms with van der Waals surface area (Å²) >= 11 is 17.7. The Morgan fingerprint density at radius 2 is 2.00 bits per heavy atom. The predicted octanol–water partition coefficient (Wildman–Crippen LogP) is 3.34. The molecule has 1 aromatic heterocycles. The number of carbonyl (C=O) groups excluding carboxylic acids is 1. The second kappa shape index (κ2) is 5.21. The lowest BCUT2D eigenvalue weighted by molar-refractivity contribution is 0.0687. The van der Waals surface area contributed by atoms with Gasteiger partial charge in [0.25, 0.3) is 0 Å². The number of hydrogen-bond donors (Lipinski definition) is 1. The minimum atomic E-state index is -1.35. The van der Waals surface area contributed by atoms with E-state index in [0.717, 1.165) is 4.68 Å². The minimum Gasteiger partial charge on any atom is -0.476 e. The van der Waals surface area contributed by atoms with Gasteiger partial charge in [0, 0.05) is 5.02 Å². The zero-order valence-corrected chi connectivity index (χ0v) is 11.4. The van der Waals surface area contributed by atoms with Gasteiger partial charge >= 0.3 is 5.97 Å². The van der Waals surface area contributed by atoms with Gasteiger partial charge < -0.3 is 5.11 Å². The van der Waals surface area contributed by atoms with Gasteiger partial charge in [-0.2, -0.15) is 5.10 Å². The van der Waals surface area contributed by atoms with Crippen LogP contribution in [0, 0.1) is 0 Å². The van der Waals surface area contributed by atoms with Crippen LogP contribution in [-0.2, 0) is 0 Å². The number of nitrogens with zero attached hydrogens (tertiary/aromatic N) is 2. The van der Waals surface area contributed by atoms with Gasteiger partial charge in [-0.1, -0.05) is 34.8 Å². The molecule has 0 atom stereocenters. The number of rotatable bonds is 3. The Kier molecular flexibility index (Phi) is 3.80. The highest BCUT2D eigenvalue weighted by Crippen LogP contribution is 2.29. The molecule has 2 aromatic rings. The van der Waals surface area contributed by atoms with Crippen LogP contribution in [0.15, 0.2) is 18.2 Å². The zero-order chi connectivity index (χ0) is 14.2. The quantitative estimate of drug-likeness (QED) is 0.881. The van der Waals surface area contributed by atoms with E-state index in [2.05, 4.69) is 5.10 Å². The molecule has 0 aliphatic rings. The van der Waals surface area contributed by atoms with Crippen LogP contribution in [0.1, 0.15) is 20.8 Å². The molecule has 0 aliphatic heterocycles. The number of carboxylic acid groups (broad SMARTS) is 1. The van der Waals surface area contributed by atoms with Crippen LogP contribution >= 0.6 is 34.8 Å². The summed E-state index contributed by atoms with van der Waals surface area (Å²) in [6.45, 7) is 0. The molecule has 1 heterocycles. The van der Waals surface area contributed by atoms with Gasteiger partial charge in [-0.15, -0.1) is 0 Å². The van der Waals surface area contributed by atoms with Crippen molar-refractivity contribution in [2.75, 3.05) is 0 Å². The monoisotopic (exact) mass is 318 g/mol. The van der Waals surface area contributed by atoms with E-state index in [1.807, 2.05) is 0 Å². The van der Waals surface area contributed by atoms with Crippen molar-refractivity contribution in [2.45, 2.75) is 0 Å². The number of halogens is 3. The Hall–Kier alpha value is -1.56. The second-order valence-electron chi connectivity index (χ2n) is 3.48. The molecular weight excluding hydrogens is 314 g/mol. The lowest BCUT2D eigenvalue weighted by atomic mass is 10.3. The van der Waals surface area contributed by atoms with Crippen LogP contribution in [0.5, 0.6) is 0 Å². The number of hydrogen-bond acceptors (Lipinski definition) is 3.